The van der Waals surface area contributed by atoms with Gasteiger partial charge in [0.2, 0.25) is 0 Å². The van der Waals surface area contributed by atoms with Crippen molar-refractivity contribution in [1.82, 2.24) is 5.32 Å². The number of carbonyl (C=O) groups is 1. The molecular formula is C17H31NO2. The molecule has 3 heteroatoms. The molecule has 2 unspecified atom stereocenters. The molecule has 0 radical (unpaired) electrons. The zero-order valence-electron chi connectivity index (χ0n) is 13.2. The molecule has 116 valence electrons. The van der Waals surface area contributed by atoms with Gasteiger partial charge < -0.3 is 10.1 Å². The van der Waals surface area contributed by atoms with Gasteiger partial charge in [0.1, 0.15) is 0 Å². The number of rotatable bonds is 4. The predicted molar refractivity (Wildman–Crippen MR) is 81.6 cm³/mol. The van der Waals surface area contributed by atoms with E-state index in [1.807, 2.05) is 6.92 Å². The summed E-state index contributed by atoms with van der Waals surface area (Å²) in [4.78, 5) is 11.7. The number of nitrogens with one attached hydrogen (secondary N) is 1. The van der Waals surface area contributed by atoms with Gasteiger partial charge in [-0.3, -0.25) is 4.79 Å². The molecule has 3 nitrogen and oxygen atoms in total. The second-order valence-corrected chi connectivity index (χ2v) is 6.78. The third-order valence-electron chi connectivity index (χ3n) is 5.08. The Morgan fingerprint density at radius 2 is 1.65 bits per heavy atom. The van der Waals surface area contributed by atoms with E-state index in [0.717, 1.165) is 31.6 Å². The fourth-order valence-electron chi connectivity index (χ4n) is 3.74. The highest BCUT2D eigenvalue weighted by Gasteiger charge is 2.28. The summed E-state index contributed by atoms with van der Waals surface area (Å²) in [6.07, 6.45) is 11.1. The van der Waals surface area contributed by atoms with Crippen molar-refractivity contribution in [2.24, 2.45) is 11.8 Å². The molecule has 0 amide bonds. The molecule has 0 bridgehead atoms. The SMILES string of the molecule is CCOC(=O)C1CCC(NC2CCCC(C)CC2)CC1. The van der Waals surface area contributed by atoms with E-state index in [-0.39, 0.29) is 11.9 Å². The second-order valence-electron chi connectivity index (χ2n) is 6.78. The van der Waals surface area contributed by atoms with Gasteiger partial charge >= 0.3 is 5.97 Å². The van der Waals surface area contributed by atoms with E-state index >= 15 is 0 Å². The van der Waals surface area contributed by atoms with Crippen LogP contribution in [0.25, 0.3) is 0 Å². The van der Waals surface area contributed by atoms with E-state index in [4.69, 9.17) is 4.74 Å². The van der Waals surface area contributed by atoms with Gasteiger partial charge in [-0.15, -0.1) is 0 Å². The first-order valence-corrected chi connectivity index (χ1v) is 8.61. The van der Waals surface area contributed by atoms with E-state index in [1.165, 1.54) is 32.1 Å². The zero-order chi connectivity index (χ0) is 14.4. The molecule has 2 saturated carbocycles. The number of esters is 1. The van der Waals surface area contributed by atoms with Crippen molar-refractivity contribution in [1.29, 1.82) is 0 Å². The highest BCUT2D eigenvalue weighted by atomic mass is 16.5. The lowest BCUT2D eigenvalue weighted by Crippen LogP contribution is -2.41. The van der Waals surface area contributed by atoms with E-state index in [0.29, 0.717) is 18.7 Å². The van der Waals surface area contributed by atoms with Crippen molar-refractivity contribution >= 4 is 5.97 Å². The van der Waals surface area contributed by atoms with E-state index in [9.17, 15) is 4.79 Å². The van der Waals surface area contributed by atoms with Crippen LogP contribution in [0, 0.1) is 11.8 Å². The van der Waals surface area contributed by atoms with Crippen LogP contribution in [0.15, 0.2) is 0 Å². The summed E-state index contributed by atoms with van der Waals surface area (Å²) in [5, 5.41) is 3.86. The maximum Gasteiger partial charge on any atom is 0.308 e. The molecule has 2 fully saturated rings. The standard InChI is InChI=1S/C17H31NO2/c1-3-20-17(19)14-8-11-16(12-9-14)18-15-6-4-5-13(2)7-10-15/h13-16,18H,3-12H2,1-2H3. The Morgan fingerprint density at radius 1 is 1.00 bits per heavy atom. The van der Waals surface area contributed by atoms with Gasteiger partial charge in [0, 0.05) is 12.1 Å². The summed E-state index contributed by atoms with van der Waals surface area (Å²) in [7, 11) is 0. The Bertz CT molecular complexity index is 297. The van der Waals surface area contributed by atoms with Gasteiger partial charge in [-0.2, -0.15) is 0 Å². The van der Waals surface area contributed by atoms with Crippen LogP contribution in [0.2, 0.25) is 0 Å². The molecule has 0 aromatic carbocycles. The summed E-state index contributed by atoms with van der Waals surface area (Å²) in [6, 6.07) is 1.34. The third kappa shape index (κ3) is 4.76. The van der Waals surface area contributed by atoms with Crippen LogP contribution in [0.1, 0.15) is 71.6 Å². The van der Waals surface area contributed by atoms with Crippen molar-refractivity contribution < 1.29 is 9.53 Å². The molecule has 0 saturated heterocycles. The molecule has 2 aliphatic rings. The quantitative estimate of drug-likeness (QED) is 0.631. The van der Waals surface area contributed by atoms with Crippen LogP contribution in [0.3, 0.4) is 0 Å². The van der Waals surface area contributed by atoms with Gasteiger partial charge in [0.15, 0.2) is 0 Å². The molecule has 20 heavy (non-hydrogen) atoms. The minimum Gasteiger partial charge on any atom is -0.466 e. The lowest BCUT2D eigenvalue weighted by Gasteiger charge is -2.31. The number of carbonyl (C=O) groups excluding carboxylic acids is 1. The fourth-order valence-corrected chi connectivity index (χ4v) is 3.74. The first-order valence-electron chi connectivity index (χ1n) is 8.61. The highest BCUT2D eigenvalue weighted by Crippen LogP contribution is 2.28. The maximum atomic E-state index is 11.7. The number of hydrogen-bond acceptors (Lipinski definition) is 3. The predicted octanol–water partition coefficient (Wildman–Crippen LogP) is 3.67. The van der Waals surface area contributed by atoms with Gasteiger partial charge in [0.25, 0.3) is 0 Å². The van der Waals surface area contributed by atoms with Crippen molar-refractivity contribution in [3.63, 3.8) is 0 Å². The Kier molecular flexibility index (Phi) is 6.34. The monoisotopic (exact) mass is 281 g/mol. The average molecular weight is 281 g/mol. The van der Waals surface area contributed by atoms with Gasteiger partial charge in [-0.05, 0) is 57.8 Å². The molecule has 2 rings (SSSR count). The molecule has 2 atom stereocenters. The van der Waals surface area contributed by atoms with Crippen LogP contribution < -0.4 is 5.32 Å². The van der Waals surface area contributed by atoms with Crippen molar-refractivity contribution in [2.75, 3.05) is 6.61 Å². The smallest absolute Gasteiger partial charge is 0.308 e. The first kappa shape index (κ1) is 15.8. The van der Waals surface area contributed by atoms with Crippen molar-refractivity contribution in [3.8, 4) is 0 Å². The number of hydrogen-bond donors (Lipinski definition) is 1. The van der Waals surface area contributed by atoms with E-state index in [2.05, 4.69) is 12.2 Å². The van der Waals surface area contributed by atoms with Crippen LogP contribution in [0.5, 0.6) is 0 Å². The minimum atomic E-state index is 0.0224. The van der Waals surface area contributed by atoms with Gasteiger partial charge in [-0.25, -0.2) is 0 Å². The Morgan fingerprint density at radius 3 is 2.35 bits per heavy atom. The summed E-state index contributed by atoms with van der Waals surface area (Å²) in [5.41, 5.74) is 0. The van der Waals surface area contributed by atoms with Gasteiger partial charge in [-0.1, -0.05) is 19.8 Å². The Labute approximate surface area is 123 Å². The molecular weight excluding hydrogens is 250 g/mol. The summed E-state index contributed by atoms with van der Waals surface area (Å²) >= 11 is 0. The average Bonchev–Trinajstić information content (AvgIpc) is 2.65. The zero-order valence-corrected chi connectivity index (χ0v) is 13.2. The Hall–Kier alpha value is -0.570. The summed E-state index contributed by atoms with van der Waals surface area (Å²) in [6.45, 7) is 4.78. The largest absolute Gasteiger partial charge is 0.466 e. The van der Waals surface area contributed by atoms with Crippen molar-refractivity contribution in [2.45, 2.75) is 83.7 Å². The molecule has 1 N–H and O–H groups in total. The fraction of sp³-hybridized carbons (Fsp3) is 0.941. The lowest BCUT2D eigenvalue weighted by molar-refractivity contribution is -0.149. The van der Waals surface area contributed by atoms with Crippen molar-refractivity contribution in [3.05, 3.63) is 0 Å². The molecule has 0 aliphatic heterocycles. The second kappa shape index (κ2) is 8.02. The lowest BCUT2D eigenvalue weighted by atomic mass is 9.85. The normalized spacial score (nSPS) is 35.3. The van der Waals surface area contributed by atoms with E-state index in [1.54, 1.807) is 0 Å². The third-order valence-corrected chi connectivity index (χ3v) is 5.08. The molecule has 2 aliphatic carbocycles. The number of ether oxygens (including phenoxy) is 1. The topological polar surface area (TPSA) is 38.3 Å². The highest BCUT2D eigenvalue weighted by molar-refractivity contribution is 5.72. The summed E-state index contributed by atoms with van der Waals surface area (Å²) < 4.78 is 5.14. The maximum absolute atomic E-state index is 11.7. The van der Waals surface area contributed by atoms with Crippen LogP contribution in [-0.2, 0) is 9.53 Å². The Balaban J connectivity index is 1.70. The van der Waals surface area contributed by atoms with Crippen LogP contribution >= 0.6 is 0 Å². The van der Waals surface area contributed by atoms with Crippen LogP contribution in [-0.4, -0.2) is 24.7 Å². The van der Waals surface area contributed by atoms with E-state index < -0.39 is 0 Å². The minimum absolute atomic E-state index is 0.0224. The summed E-state index contributed by atoms with van der Waals surface area (Å²) in [5.74, 6) is 1.08. The molecule has 0 heterocycles. The molecule has 0 spiro atoms. The molecule has 0 aromatic heterocycles. The van der Waals surface area contributed by atoms with Crippen LogP contribution in [0.4, 0.5) is 0 Å². The van der Waals surface area contributed by atoms with Gasteiger partial charge in [0.05, 0.1) is 12.5 Å². The first-order chi connectivity index (χ1) is 9.69. The molecule has 0 aromatic rings.